The van der Waals surface area contributed by atoms with Gasteiger partial charge in [0.05, 0.1) is 0 Å². The van der Waals surface area contributed by atoms with Crippen LogP contribution in [0.1, 0.15) is 12.8 Å². The Hall–Kier alpha value is -1.21. The first-order chi connectivity index (χ1) is 9.56. The highest BCUT2D eigenvalue weighted by Gasteiger charge is 2.17. The predicted molar refractivity (Wildman–Crippen MR) is 71.5 cm³/mol. The molecule has 0 spiro atoms. The topological polar surface area (TPSA) is 47.6 Å². The third kappa shape index (κ3) is 4.14. The molecule has 1 amide bonds. The van der Waals surface area contributed by atoms with E-state index in [1.54, 1.807) is 0 Å². The Bertz CT molecular complexity index is 493. The number of carbonyl (C=O) groups excluding carboxylic acids is 1. The molecule has 0 unspecified atom stereocenters. The number of hydrogen-bond acceptors (Lipinski definition) is 3. The average Bonchev–Trinajstić information content (AvgIpc) is 2.42. The van der Waals surface area contributed by atoms with E-state index in [2.05, 4.69) is 21.2 Å². The summed E-state index contributed by atoms with van der Waals surface area (Å²) in [7, 11) is 0. The normalized spacial score (nSPS) is 15.9. The molecule has 0 atom stereocenters. The predicted octanol–water partition coefficient (Wildman–Crippen LogP) is 2.40. The van der Waals surface area contributed by atoms with Gasteiger partial charge < -0.3 is 14.8 Å². The van der Waals surface area contributed by atoms with Crippen LogP contribution in [0.2, 0.25) is 0 Å². The van der Waals surface area contributed by atoms with Crippen LogP contribution < -0.4 is 10.1 Å². The summed E-state index contributed by atoms with van der Waals surface area (Å²) in [5.41, 5.74) is 0. The molecule has 1 saturated heterocycles. The molecule has 7 heteroatoms. The summed E-state index contributed by atoms with van der Waals surface area (Å²) in [6.07, 6.45) is 1.48. The Kier molecular flexibility index (Phi) is 5.31. The molecule has 1 aromatic rings. The van der Waals surface area contributed by atoms with Crippen LogP contribution in [0, 0.1) is 11.6 Å². The van der Waals surface area contributed by atoms with Crippen molar-refractivity contribution in [1.82, 2.24) is 5.32 Å². The van der Waals surface area contributed by atoms with Crippen LogP contribution in [-0.2, 0) is 9.53 Å². The van der Waals surface area contributed by atoms with E-state index >= 15 is 0 Å². The van der Waals surface area contributed by atoms with E-state index in [1.807, 2.05) is 0 Å². The molecule has 1 aliphatic heterocycles. The summed E-state index contributed by atoms with van der Waals surface area (Å²) < 4.78 is 37.1. The van der Waals surface area contributed by atoms with Crippen LogP contribution >= 0.6 is 15.9 Å². The zero-order valence-corrected chi connectivity index (χ0v) is 12.2. The lowest BCUT2D eigenvalue weighted by atomic mass is 10.1. The molecule has 20 heavy (non-hydrogen) atoms. The van der Waals surface area contributed by atoms with E-state index in [-0.39, 0.29) is 24.3 Å². The second-order valence-corrected chi connectivity index (χ2v) is 5.36. The zero-order chi connectivity index (χ0) is 14.5. The van der Waals surface area contributed by atoms with Crippen molar-refractivity contribution in [2.75, 3.05) is 19.8 Å². The molecule has 1 aliphatic rings. The van der Waals surface area contributed by atoms with E-state index in [9.17, 15) is 13.6 Å². The van der Waals surface area contributed by atoms with Crippen molar-refractivity contribution in [3.05, 3.63) is 28.2 Å². The van der Waals surface area contributed by atoms with Crippen LogP contribution in [0.4, 0.5) is 8.78 Å². The van der Waals surface area contributed by atoms with Crippen LogP contribution in [0.25, 0.3) is 0 Å². The van der Waals surface area contributed by atoms with Crippen molar-refractivity contribution >= 4 is 21.8 Å². The molecular formula is C13H14BrF2NO3. The fraction of sp³-hybridized carbons (Fsp3) is 0.462. The Morgan fingerprint density at radius 3 is 2.80 bits per heavy atom. The minimum absolute atomic E-state index is 0.0453. The van der Waals surface area contributed by atoms with E-state index in [0.29, 0.717) is 17.7 Å². The van der Waals surface area contributed by atoms with Gasteiger partial charge in [0.2, 0.25) is 5.82 Å². The Balaban J connectivity index is 1.86. The van der Waals surface area contributed by atoms with E-state index < -0.39 is 11.6 Å². The van der Waals surface area contributed by atoms with Gasteiger partial charge in [0.15, 0.2) is 18.2 Å². The quantitative estimate of drug-likeness (QED) is 0.849. The van der Waals surface area contributed by atoms with Gasteiger partial charge >= 0.3 is 0 Å². The van der Waals surface area contributed by atoms with Gasteiger partial charge in [-0.2, -0.15) is 4.39 Å². The minimum Gasteiger partial charge on any atom is -0.481 e. The zero-order valence-electron chi connectivity index (χ0n) is 10.6. The second-order valence-electron chi connectivity index (χ2n) is 4.44. The molecule has 1 N–H and O–H groups in total. The maximum atomic E-state index is 13.4. The lowest BCUT2D eigenvalue weighted by molar-refractivity contribution is -0.124. The van der Waals surface area contributed by atoms with Crippen molar-refractivity contribution in [3.63, 3.8) is 0 Å². The van der Waals surface area contributed by atoms with Crippen LogP contribution in [0.5, 0.6) is 5.75 Å². The summed E-state index contributed by atoms with van der Waals surface area (Å²) in [5.74, 6) is -2.79. The summed E-state index contributed by atoms with van der Waals surface area (Å²) in [4.78, 5) is 11.7. The first kappa shape index (κ1) is 15.2. The first-order valence-corrected chi connectivity index (χ1v) is 7.00. The van der Waals surface area contributed by atoms with Crippen molar-refractivity contribution in [1.29, 1.82) is 0 Å². The molecule has 0 bridgehead atoms. The smallest absolute Gasteiger partial charge is 0.258 e. The molecule has 110 valence electrons. The molecule has 0 radical (unpaired) electrons. The number of rotatable bonds is 4. The largest absolute Gasteiger partial charge is 0.481 e. The first-order valence-electron chi connectivity index (χ1n) is 6.20. The maximum absolute atomic E-state index is 13.4. The summed E-state index contributed by atoms with van der Waals surface area (Å²) in [6.45, 7) is 0.860. The molecule has 2 rings (SSSR count). The van der Waals surface area contributed by atoms with Gasteiger partial charge in [0.1, 0.15) is 0 Å². The summed E-state index contributed by atoms with van der Waals surface area (Å²) >= 11 is 3.03. The molecule has 1 fully saturated rings. The van der Waals surface area contributed by atoms with Gasteiger partial charge in [0.25, 0.3) is 5.91 Å². The molecule has 4 nitrogen and oxygen atoms in total. The van der Waals surface area contributed by atoms with Gasteiger partial charge in [0, 0.05) is 23.7 Å². The molecular weight excluding hydrogens is 336 g/mol. The standard InChI is InChI=1S/C13H14BrF2NO3/c14-8-5-10(15)13(16)11(6-8)20-7-12(18)17-9-1-3-19-4-2-9/h5-6,9H,1-4,7H2,(H,17,18). The van der Waals surface area contributed by atoms with Gasteiger partial charge in [-0.25, -0.2) is 4.39 Å². The van der Waals surface area contributed by atoms with Gasteiger partial charge in [-0.05, 0) is 25.0 Å². The van der Waals surface area contributed by atoms with Crippen LogP contribution in [0.3, 0.4) is 0 Å². The number of benzene rings is 1. The third-order valence-electron chi connectivity index (χ3n) is 2.90. The van der Waals surface area contributed by atoms with Crippen molar-refractivity contribution < 1.29 is 23.0 Å². The highest BCUT2D eigenvalue weighted by Crippen LogP contribution is 2.25. The highest BCUT2D eigenvalue weighted by molar-refractivity contribution is 9.10. The Labute approximate surface area is 123 Å². The van der Waals surface area contributed by atoms with Crippen molar-refractivity contribution in [2.45, 2.75) is 18.9 Å². The van der Waals surface area contributed by atoms with E-state index in [4.69, 9.17) is 9.47 Å². The fourth-order valence-electron chi connectivity index (χ4n) is 1.89. The van der Waals surface area contributed by atoms with Gasteiger partial charge in [-0.1, -0.05) is 15.9 Å². The molecule has 0 saturated carbocycles. The monoisotopic (exact) mass is 349 g/mol. The van der Waals surface area contributed by atoms with E-state index in [0.717, 1.165) is 18.9 Å². The maximum Gasteiger partial charge on any atom is 0.258 e. The lowest BCUT2D eigenvalue weighted by Crippen LogP contribution is -2.41. The average molecular weight is 350 g/mol. The third-order valence-corrected chi connectivity index (χ3v) is 3.36. The molecule has 0 aromatic heterocycles. The lowest BCUT2D eigenvalue weighted by Gasteiger charge is -2.23. The van der Waals surface area contributed by atoms with Crippen LogP contribution in [0.15, 0.2) is 16.6 Å². The summed E-state index contributed by atoms with van der Waals surface area (Å²) in [6, 6.07) is 2.31. The molecule has 1 heterocycles. The van der Waals surface area contributed by atoms with Crippen LogP contribution in [-0.4, -0.2) is 31.8 Å². The Morgan fingerprint density at radius 2 is 2.10 bits per heavy atom. The number of halogens is 3. The Morgan fingerprint density at radius 1 is 1.40 bits per heavy atom. The molecule has 0 aliphatic carbocycles. The van der Waals surface area contributed by atoms with Gasteiger partial charge in [-0.3, -0.25) is 4.79 Å². The number of hydrogen-bond donors (Lipinski definition) is 1. The second kappa shape index (κ2) is 6.99. The van der Waals surface area contributed by atoms with Crippen molar-refractivity contribution in [2.24, 2.45) is 0 Å². The number of nitrogens with one attached hydrogen (secondary N) is 1. The number of amides is 1. The SMILES string of the molecule is O=C(COc1cc(Br)cc(F)c1F)NC1CCOCC1. The molecule has 1 aromatic carbocycles. The summed E-state index contributed by atoms with van der Waals surface area (Å²) in [5, 5.41) is 2.77. The number of ether oxygens (including phenoxy) is 2. The number of carbonyl (C=O) groups is 1. The van der Waals surface area contributed by atoms with E-state index in [1.165, 1.54) is 6.07 Å². The fourth-order valence-corrected chi connectivity index (χ4v) is 2.30. The minimum atomic E-state index is -1.10. The van der Waals surface area contributed by atoms with Crippen molar-refractivity contribution in [3.8, 4) is 5.75 Å². The van der Waals surface area contributed by atoms with Gasteiger partial charge in [-0.15, -0.1) is 0 Å². The highest BCUT2D eigenvalue weighted by atomic mass is 79.9.